The molecule has 0 aliphatic heterocycles. The maximum Gasteiger partial charge on any atom is 0.130 e. The summed E-state index contributed by atoms with van der Waals surface area (Å²) in [6, 6.07) is 2.00. The Balaban J connectivity index is 2.96. The van der Waals surface area contributed by atoms with E-state index < -0.39 is 5.67 Å². The first-order valence-electron chi connectivity index (χ1n) is 6.41. The fourth-order valence-corrected chi connectivity index (χ4v) is 1.92. The predicted octanol–water partition coefficient (Wildman–Crippen LogP) is 2.33. The highest BCUT2D eigenvalue weighted by atomic mass is 19.1. The Hall–Kier alpha value is -0.900. The van der Waals surface area contributed by atoms with Gasteiger partial charge in [-0.15, -0.1) is 0 Å². The Morgan fingerprint density at radius 3 is 2.53 bits per heavy atom. The van der Waals surface area contributed by atoms with E-state index in [-0.39, 0.29) is 12.5 Å². The van der Waals surface area contributed by atoms with Crippen LogP contribution in [0.25, 0.3) is 0 Å². The molecule has 0 radical (unpaired) electrons. The number of nitrogens with zero attached hydrogens (tertiary/aromatic N) is 2. The number of halogens is 1. The van der Waals surface area contributed by atoms with E-state index >= 15 is 0 Å². The summed E-state index contributed by atoms with van der Waals surface area (Å²) in [4.78, 5) is 0. The molecular weight excluding hydrogens is 217 g/mol. The molecule has 17 heavy (non-hydrogen) atoms. The molecule has 3 nitrogen and oxygen atoms in total. The van der Waals surface area contributed by atoms with Gasteiger partial charge in [-0.25, -0.2) is 4.39 Å². The zero-order valence-electron chi connectivity index (χ0n) is 11.3. The minimum atomic E-state index is -1.34. The topological polar surface area (TPSA) is 43.8 Å². The first-order chi connectivity index (χ1) is 7.96. The Bertz CT molecular complexity index is 360. The van der Waals surface area contributed by atoms with Crippen LogP contribution in [0.4, 0.5) is 4.39 Å². The molecule has 1 atom stereocenters. The number of hydrogen-bond acceptors (Lipinski definition) is 2. The lowest BCUT2D eigenvalue weighted by Gasteiger charge is -2.27. The summed E-state index contributed by atoms with van der Waals surface area (Å²) < 4.78 is 16.5. The average molecular weight is 241 g/mol. The molecule has 1 aromatic heterocycles. The number of aryl methyl sites for hydroxylation is 2. The molecule has 0 spiro atoms. The van der Waals surface area contributed by atoms with Gasteiger partial charge in [-0.2, -0.15) is 5.10 Å². The van der Waals surface area contributed by atoms with Crippen LogP contribution in [0.15, 0.2) is 6.07 Å². The maximum absolute atomic E-state index is 14.6. The van der Waals surface area contributed by atoms with Gasteiger partial charge in [-0.1, -0.05) is 20.8 Å². The molecule has 0 aliphatic carbocycles. The van der Waals surface area contributed by atoms with Gasteiger partial charge in [-0.05, 0) is 25.3 Å². The number of aromatic nitrogens is 2. The van der Waals surface area contributed by atoms with Gasteiger partial charge >= 0.3 is 0 Å². The molecule has 2 N–H and O–H groups in total. The Morgan fingerprint density at radius 1 is 1.47 bits per heavy atom. The first kappa shape index (κ1) is 14.2. The summed E-state index contributed by atoms with van der Waals surface area (Å²) in [7, 11) is 0. The van der Waals surface area contributed by atoms with E-state index in [1.165, 1.54) is 0 Å². The molecule has 0 aromatic carbocycles. The Kier molecular flexibility index (Phi) is 4.69. The molecule has 0 saturated carbocycles. The second kappa shape index (κ2) is 5.63. The van der Waals surface area contributed by atoms with Crippen molar-refractivity contribution in [2.75, 3.05) is 6.54 Å². The van der Waals surface area contributed by atoms with E-state index in [2.05, 4.69) is 12.0 Å². The highest BCUT2D eigenvalue weighted by Crippen LogP contribution is 2.26. The Labute approximate surface area is 103 Å². The monoisotopic (exact) mass is 241 g/mol. The van der Waals surface area contributed by atoms with Gasteiger partial charge in [0.2, 0.25) is 0 Å². The molecule has 98 valence electrons. The van der Waals surface area contributed by atoms with Crippen LogP contribution in [0, 0.1) is 5.92 Å². The van der Waals surface area contributed by atoms with Crippen molar-refractivity contribution in [1.29, 1.82) is 0 Å². The summed E-state index contributed by atoms with van der Waals surface area (Å²) in [5.74, 6) is -0.0854. The third-order valence-corrected chi connectivity index (χ3v) is 3.42. The van der Waals surface area contributed by atoms with Gasteiger partial charge in [0.05, 0.1) is 5.69 Å². The van der Waals surface area contributed by atoms with Crippen LogP contribution in [-0.4, -0.2) is 22.0 Å². The average Bonchev–Trinajstić information content (AvgIpc) is 2.70. The molecule has 4 heteroatoms. The molecule has 1 rings (SSSR count). The van der Waals surface area contributed by atoms with Crippen LogP contribution in [0.3, 0.4) is 0 Å². The minimum absolute atomic E-state index is 0.0566. The standard InChI is InChI=1S/C13H24FN3/c1-5-11-7-12(17(6-2)16-11)8-13(14,9-15)10(3)4/h7,10H,5-6,8-9,15H2,1-4H3. The van der Waals surface area contributed by atoms with Crippen molar-refractivity contribution in [3.8, 4) is 0 Å². The first-order valence-corrected chi connectivity index (χ1v) is 6.41. The molecule has 0 fully saturated rings. The SMILES string of the molecule is CCc1cc(CC(F)(CN)C(C)C)n(CC)n1. The minimum Gasteiger partial charge on any atom is -0.328 e. The van der Waals surface area contributed by atoms with Crippen molar-refractivity contribution in [3.63, 3.8) is 0 Å². The summed E-state index contributed by atoms with van der Waals surface area (Å²) in [5, 5.41) is 4.43. The summed E-state index contributed by atoms with van der Waals surface area (Å²) >= 11 is 0. The van der Waals surface area contributed by atoms with Crippen LogP contribution in [0.2, 0.25) is 0 Å². The van der Waals surface area contributed by atoms with Crippen LogP contribution in [0.5, 0.6) is 0 Å². The zero-order valence-corrected chi connectivity index (χ0v) is 11.3. The summed E-state index contributed by atoms with van der Waals surface area (Å²) in [6.45, 7) is 8.66. The van der Waals surface area contributed by atoms with Crippen molar-refractivity contribution in [2.45, 2.75) is 52.8 Å². The molecule has 1 aromatic rings. The van der Waals surface area contributed by atoms with Crippen molar-refractivity contribution in [2.24, 2.45) is 11.7 Å². The molecule has 1 unspecified atom stereocenters. The van der Waals surface area contributed by atoms with Crippen LogP contribution >= 0.6 is 0 Å². The van der Waals surface area contributed by atoms with Gasteiger partial charge in [0.1, 0.15) is 5.67 Å². The Morgan fingerprint density at radius 2 is 2.12 bits per heavy atom. The van der Waals surface area contributed by atoms with Gasteiger partial charge in [0.15, 0.2) is 0 Å². The largest absolute Gasteiger partial charge is 0.328 e. The lowest BCUT2D eigenvalue weighted by atomic mass is 9.87. The normalized spacial score (nSPS) is 15.2. The van der Waals surface area contributed by atoms with E-state index in [4.69, 9.17) is 5.73 Å². The molecule has 1 heterocycles. The van der Waals surface area contributed by atoms with Gasteiger partial charge in [0, 0.05) is 25.2 Å². The zero-order chi connectivity index (χ0) is 13.1. The van der Waals surface area contributed by atoms with Crippen LogP contribution in [0.1, 0.15) is 39.1 Å². The molecule has 0 aliphatic rings. The second-order valence-electron chi connectivity index (χ2n) is 4.87. The lowest BCUT2D eigenvalue weighted by molar-refractivity contribution is 0.108. The van der Waals surface area contributed by atoms with Crippen molar-refractivity contribution >= 4 is 0 Å². The fourth-order valence-electron chi connectivity index (χ4n) is 1.92. The molecule has 0 bridgehead atoms. The van der Waals surface area contributed by atoms with E-state index in [0.717, 1.165) is 24.4 Å². The second-order valence-corrected chi connectivity index (χ2v) is 4.87. The fraction of sp³-hybridized carbons (Fsp3) is 0.769. The maximum atomic E-state index is 14.6. The number of hydrogen-bond donors (Lipinski definition) is 1. The molecular formula is C13H24FN3. The highest BCUT2D eigenvalue weighted by molar-refractivity contribution is 5.14. The van der Waals surface area contributed by atoms with E-state index in [9.17, 15) is 4.39 Å². The third-order valence-electron chi connectivity index (χ3n) is 3.42. The smallest absolute Gasteiger partial charge is 0.130 e. The van der Waals surface area contributed by atoms with Gasteiger partial charge < -0.3 is 5.73 Å². The number of rotatable bonds is 6. The predicted molar refractivity (Wildman–Crippen MR) is 68.7 cm³/mol. The van der Waals surface area contributed by atoms with E-state index in [1.54, 1.807) is 0 Å². The van der Waals surface area contributed by atoms with Crippen LogP contribution in [-0.2, 0) is 19.4 Å². The highest BCUT2D eigenvalue weighted by Gasteiger charge is 2.33. The van der Waals surface area contributed by atoms with Crippen molar-refractivity contribution in [1.82, 2.24) is 9.78 Å². The summed E-state index contributed by atoms with van der Waals surface area (Å²) in [6.07, 6.45) is 1.23. The lowest BCUT2D eigenvalue weighted by Crippen LogP contribution is -2.41. The van der Waals surface area contributed by atoms with E-state index in [0.29, 0.717) is 6.42 Å². The quantitative estimate of drug-likeness (QED) is 0.830. The third kappa shape index (κ3) is 3.06. The van der Waals surface area contributed by atoms with Crippen molar-refractivity contribution in [3.05, 3.63) is 17.5 Å². The number of nitrogens with two attached hydrogens (primary N) is 1. The van der Waals surface area contributed by atoms with Crippen LogP contribution < -0.4 is 5.73 Å². The molecule has 0 saturated heterocycles. The van der Waals surface area contributed by atoms with E-state index in [1.807, 2.05) is 31.5 Å². The summed E-state index contributed by atoms with van der Waals surface area (Å²) in [5.41, 5.74) is 6.22. The van der Waals surface area contributed by atoms with Crippen molar-refractivity contribution < 1.29 is 4.39 Å². The molecule has 0 amide bonds. The van der Waals surface area contributed by atoms with Gasteiger partial charge in [-0.3, -0.25) is 4.68 Å². The van der Waals surface area contributed by atoms with Gasteiger partial charge in [0.25, 0.3) is 0 Å². The number of alkyl halides is 1.